The van der Waals surface area contributed by atoms with Crippen LogP contribution in [-0.4, -0.2) is 49.0 Å². The molecule has 1 atom stereocenters. The van der Waals surface area contributed by atoms with Gasteiger partial charge in [0.2, 0.25) is 6.30 Å². The first-order valence-electron chi connectivity index (χ1n) is 8.22. The van der Waals surface area contributed by atoms with Crippen molar-refractivity contribution in [2.75, 3.05) is 13.1 Å². The Morgan fingerprint density at radius 1 is 1.00 bits per heavy atom. The molecule has 0 bridgehead atoms. The molecule has 0 aromatic heterocycles. The molecule has 2 fully saturated rings. The predicted octanol–water partition coefficient (Wildman–Crippen LogP) is 2.95. The average Bonchev–Trinajstić information content (AvgIpc) is 2.66. The van der Waals surface area contributed by atoms with Gasteiger partial charge in [0.05, 0.1) is 11.2 Å². The second-order valence-electron chi connectivity index (χ2n) is 7.61. The summed E-state index contributed by atoms with van der Waals surface area (Å²) in [5, 5.41) is 0. The Labute approximate surface area is 141 Å². The Kier molecular flexibility index (Phi) is 4.47. The molecule has 1 unspecified atom stereocenters. The summed E-state index contributed by atoms with van der Waals surface area (Å²) in [4.78, 5) is 1.16. The van der Waals surface area contributed by atoms with E-state index in [0.717, 1.165) is 15.9 Å². The molecule has 2 aliphatic rings. The summed E-state index contributed by atoms with van der Waals surface area (Å²) in [5.74, 6) is 0.0920. The van der Waals surface area contributed by atoms with Gasteiger partial charge in [-0.15, -0.1) is 0 Å². The van der Waals surface area contributed by atoms with E-state index in [1.54, 1.807) is 0 Å². The highest BCUT2D eigenvalue weighted by molar-refractivity contribution is 6.62. The fourth-order valence-electron chi connectivity index (χ4n) is 2.99. The molecule has 0 saturated carbocycles. The predicted molar refractivity (Wildman–Crippen MR) is 87.4 cm³/mol. The van der Waals surface area contributed by atoms with Crippen LogP contribution in [0.15, 0.2) is 24.3 Å². The van der Waals surface area contributed by atoms with Gasteiger partial charge < -0.3 is 9.31 Å². The smallest absolute Gasteiger partial charge is 0.399 e. The van der Waals surface area contributed by atoms with Crippen molar-refractivity contribution in [3.8, 4) is 0 Å². The van der Waals surface area contributed by atoms with Crippen LogP contribution in [0.5, 0.6) is 0 Å². The summed E-state index contributed by atoms with van der Waals surface area (Å²) in [7, 11) is -0.420. The first kappa shape index (κ1) is 17.8. The van der Waals surface area contributed by atoms with Crippen molar-refractivity contribution in [3.63, 3.8) is 0 Å². The summed E-state index contributed by atoms with van der Waals surface area (Å²) in [6.45, 7) is 8.64. The number of hydrogen-bond acceptors (Lipinski definition) is 3. The lowest BCUT2D eigenvalue weighted by atomic mass is 9.78. The molecule has 7 heteroatoms. The molecule has 0 N–H and O–H groups in total. The normalized spacial score (nSPS) is 25.1. The second kappa shape index (κ2) is 6.04. The molecular formula is C17H23BF3NO2. The molecular weight excluding hydrogens is 318 g/mol. The zero-order valence-corrected chi connectivity index (χ0v) is 14.4. The van der Waals surface area contributed by atoms with E-state index in [0.29, 0.717) is 13.1 Å². The molecule has 2 heterocycles. The molecule has 0 radical (unpaired) electrons. The summed E-state index contributed by atoms with van der Waals surface area (Å²) < 4.78 is 49.9. The van der Waals surface area contributed by atoms with E-state index in [4.69, 9.17) is 9.31 Å². The third kappa shape index (κ3) is 3.09. The van der Waals surface area contributed by atoms with Gasteiger partial charge in [0.25, 0.3) is 6.43 Å². The maximum atomic E-state index is 13.2. The fraction of sp³-hybridized carbons (Fsp3) is 0.647. The first-order valence-corrected chi connectivity index (χ1v) is 8.22. The standard InChI is InChI=1S/C17H23BF3NO2/c1-16(2)17(3,4)24-18(23-16)13-7-5-11(6-8-13)12-9-22(10-12)15(21)14(19)20/h5-8,12,14-15H,9-10H2,1-4H3. The second-order valence-corrected chi connectivity index (χ2v) is 7.61. The quantitative estimate of drug-likeness (QED) is 0.621. The van der Waals surface area contributed by atoms with Crippen molar-refractivity contribution >= 4 is 12.6 Å². The minimum atomic E-state index is -2.95. The zero-order valence-electron chi connectivity index (χ0n) is 14.4. The van der Waals surface area contributed by atoms with Crippen LogP contribution in [0.25, 0.3) is 0 Å². The Morgan fingerprint density at radius 3 is 1.96 bits per heavy atom. The minimum absolute atomic E-state index is 0.0920. The zero-order chi connectivity index (χ0) is 17.7. The lowest BCUT2D eigenvalue weighted by molar-refractivity contribution is -0.0819. The van der Waals surface area contributed by atoms with Crippen molar-refractivity contribution < 1.29 is 22.5 Å². The molecule has 2 saturated heterocycles. The maximum Gasteiger partial charge on any atom is 0.494 e. The molecule has 3 nitrogen and oxygen atoms in total. The van der Waals surface area contributed by atoms with E-state index in [2.05, 4.69) is 0 Å². The Balaban J connectivity index is 1.62. The largest absolute Gasteiger partial charge is 0.494 e. The molecule has 1 aromatic carbocycles. The van der Waals surface area contributed by atoms with E-state index in [9.17, 15) is 13.2 Å². The number of hydrogen-bond donors (Lipinski definition) is 0. The topological polar surface area (TPSA) is 21.7 Å². The summed E-state index contributed by atoms with van der Waals surface area (Å²) in [6, 6.07) is 7.75. The van der Waals surface area contributed by atoms with Crippen LogP contribution in [0.2, 0.25) is 0 Å². The van der Waals surface area contributed by atoms with Crippen LogP contribution >= 0.6 is 0 Å². The van der Waals surface area contributed by atoms with E-state index in [-0.39, 0.29) is 5.92 Å². The van der Waals surface area contributed by atoms with E-state index in [1.807, 2.05) is 52.0 Å². The van der Waals surface area contributed by atoms with Crippen LogP contribution in [-0.2, 0) is 9.31 Å². The highest BCUT2D eigenvalue weighted by Gasteiger charge is 2.51. The van der Waals surface area contributed by atoms with Crippen molar-refractivity contribution in [2.45, 2.75) is 57.5 Å². The van der Waals surface area contributed by atoms with Crippen molar-refractivity contribution in [2.24, 2.45) is 0 Å². The van der Waals surface area contributed by atoms with Crippen LogP contribution in [0.1, 0.15) is 39.2 Å². The third-order valence-electron chi connectivity index (χ3n) is 5.40. The Hall–Kier alpha value is -1.05. The number of alkyl halides is 3. The average molecular weight is 341 g/mol. The van der Waals surface area contributed by atoms with Gasteiger partial charge in [0.15, 0.2) is 0 Å². The molecule has 0 aliphatic carbocycles. The summed E-state index contributed by atoms with van der Waals surface area (Å²) in [5.41, 5.74) is 1.16. The van der Waals surface area contributed by atoms with Gasteiger partial charge >= 0.3 is 7.12 Å². The van der Waals surface area contributed by atoms with Gasteiger partial charge in [0, 0.05) is 19.0 Å². The van der Waals surface area contributed by atoms with Crippen molar-refractivity contribution in [1.29, 1.82) is 0 Å². The number of rotatable bonds is 4. The van der Waals surface area contributed by atoms with Crippen LogP contribution in [0, 0.1) is 0 Å². The van der Waals surface area contributed by atoms with Crippen LogP contribution in [0.3, 0.4) is 0 Å². The van der Waals surface area contributed by atoms with Gasteiger partial charge in [-0.2, -0.15) is 0 Å². The van der Waals surface area contributed by atoms with E-state index in [1.165, 1.54) is 0 Å². The van der Waals surface area contributed by atoms with Crippen molar-refractivity contribution in [1.82, 2.24) is 4.90 Å². The van der Waals surface area contributed by atoms with Crippen molar-refractivity contribution in [3.05, 3.63) is 29.8 Å². The highest BCUT2D eigenvalue weighted by atomic mass is 19.3. The SMILES string of the molecule is CC1(C)OB(c2ccc(C3CN(C(F)C(F)F)C3)cc2)OC1(C)C. The van der Waals surface area contributed by atoms with Gasteiger partial charge in [0.1, 0.15) is 0 Å². The number of nitrogens with zero attached hydrogens (tertiary/aromatic N) is 1. The monoisotopic (exact) mass is 341 g/mol. The van der Waals surface area contributed by atoms with E-state index < -0.39 is 31.0 Å². The van der Waals surface area contributed by atoms with Gasteiger partial charge in [-0.3, -0.25) is 4.90 Å². The highest BCUT2D eigenvalue weighted by Crippen LogP contribution is 2.36. The fourth-order valence-corrected chi connectivity index (χ4v) is 2.99. The number of halogens is 3. The molecule has 0 amide bonds. The Morgan fingerprint density at radius 2 is 1.50 bits per heavy atom. The molecule has 132 valence electrons. The first-order chi connectivity index (χ1) is 11.1. The summed E-state index contributed by atoms with van der Waals surface area (Å²) in [6.07, 6.45) is -5.11. The van der Waals surface area contributed by atoms with E-state index >= 15 is 0 Å². The Bertz CT molecular complexity index is 572. The lowest BCUT2D eigenvalue weighted by Gasteiger charge is -2.41. The molecule has 1 aromatic rings. The molecule has 0 spiro atoms. The summed E-state index contributed by atoms with van der Waals surface area (Å²) >= 11 is 0. The third-order valence-corrected chi connectivity index (χ3v) is 5.40. The van der Waals surface area contributed by atoms with Crippen LogP contribution < -0.4 is 5.46 Å². The number of benzene rings is 1. The van der Waals surface area contributed by atoms with Gasteiger partial charge in [-0.25, -0.2) is 13.2 Å². The van der Waals surface area contributed by atoms with Crippen LogP contribution in [0.4, 0.5) is 13.2 Å². The molecule has 24 heavy (non-hydrogen) atoms. The maximum absolute atomic E-state index is 13.2. The molecule has 2 aliphatic heterocycles. The minimum Gasteiger partial charge on any atom is -0.399 e. The lowest BCUT2D eigenvalue weighted by Crippen LogP contribution is -2.51. The molecule has 3 rings (SSSR count). The van der Waals surface area contributed by atoms with Gasteiger partial charge in [-0.1, -0.05) is 24.3 Å². The number of likely N-dealkylation sites (tertiary alicyclic amines) is 1. The van der Waals surface area contributed by atoms with Gasteiger partial charge in [-0.05, 0) is 38.7 Å².